The minimum absolute atomic E-state index is 0.508. The van der Waals surface area contributed by atoms with Crippen LogP contribution >= 0.6 is 0 Å². The van der Waals surface area contributed by atoms with Gasteiger partial charge in [0.05, 0.1) is 11.4 Å². The summed E-state index contributed by atoms with van der Waals surface area (Å²) in [6.07, 6.45) is 1.89. The predicted octanol–water partition coefficient (Wildman–Crippen LogP) is 3.04. The number of carbonyl (C=O) groups is 1. The van der Waals surface area contributed by atoms with Gasteiger partial charge in [0.15, 0.2) is 0 Å². The molecule has 6 heteroatoms. The van der Waals surface area contributed by atoms with Crippen molar-refractivity contribution in [2.45, 2.75) is 19.4 Å². The van der Waals surface area contributed by atoms with Crippen molar-refractivity contribution < 1.29 is 14.7 Å². The van der Waals surface area contributed by atoms with Gasteiger partial charge in [0.2, 0.25) is 5.60 Å². The van der Waals surface area contributed by atoms with Gasteiger partial charge in [0, 0.05) is 11.8 Å². The SMILES string of the molecule is Cc1cc(-c2ccn(-c3ccccc3)n2)ccc1C(C)(ON)C(=O)O. The first-order chi connectivity index (χ1) is 12.0. The summed E-state index contributed by atoms with van der Waals surface area (Å²) in [7, 11) is 0. The lowest BCUT2D eigenvalue weighted by atomic mass is 9.90. The van der Waals surface area contributed by atoms with E-state index in [9.17, 15) is 9.90 Å². The highest BCUT2D eigenvalue weighted by Crippen LogP contribution is 2.30. The van der Waals surface area contributed by atoms with Crippen LogP contribution in [0.4, 0.5) is 0 Å². The normalized spacial score (nSPS) is 13.4. The van der Waals surface area contributed by atoms with Crippen LogP contribution < -0.4 is 5.90 Å². The monoisotopic (exact) mass is 337 g/mol. The molecule has 3 rings (SSSR count). The van der Waals surface area contributed by atoms with E-state index in [-0.39, 0.29) is 0 Å². The second-order valence-electron chi connectivity index (χ2n) is 5.97. The van der Waals surface area contributed by atoms with Gasteiger partial charge in [-0.3, -0.25) is 4.84 Å². The fourth-order valence-corrected chi connectivity index (χ4v) is 2.79. The van der Waals surface area contributed by atoms with Gasteiger partial charge < -0.3 is 5.11 Å². The van der Waals surface area contributed by atoms with Crippen LogP contribution in [-0.4, -0.2) is 20.9 Å². The molecule has 0 spiro atoms. The van der Waals surface area contributed by atoms with Crippen molar-refractivity contribution in [1.29, 1.82) is 0 Å². The number of benzene rings is 2. The number of nitrogens with two attached hydrogens (primary N) is 1. The van der Waals surface area contributed by atoms with Crippen LogP contribution in [0.1, 0.15) is 18.1 Å². The summed E-state index contributed by atoms with van der Waals surface area (Å²) in [5.41, 5.74) is 2.34. The molecule has 25 heavy (non-hydrogen) atoms. The van der Waals surface area contributed by atoms with Crippen molar-refractivity contribution in [3.63, 3.8) is 0 Å². The Balaban J connectivity index is 1.97. The molecule has 0 aliphatic carbocycles. The predicted molar refractivity (Wildman–Crippen MR) is 94.0 cm³/mol. The molecule has 6 nitrogen and oxygen atoms in total. The maximum Gasteiger partial charge on any atom is 0.342 e. The number of hydrogen-bond acceptors (Lipinski definition) is 4. The van der Waals surface area contributed by atoms with Gasteiger partial charge in [-0.2, -0.15) is 5.10 Å². The highest BCUT2D eigenvalue weighted by Gasteiger charge is 2.37. The zero-order chi connectivity index (χ0) is 18.0. The molecule has 0 amide bonds. The lowest BCUT2D eigenvalue weighted by Crippen LogP contribution is -2.38. The number of aliphatic carboxylic acids is 1. The number of para-hydroxylation sites is 1. The van der Waals surface area contributed by atoms with Crippen LogP contribution in [0.25, 0.3) is 16.9 Å². The van der Waals surface area contributed by atoms with Crippen LogP contribution in [0.3, 0.4) is 0 Å². The van der Waals surface area contributed by atoms with Crippen LogP contribution in [0.2, 0.25) is 0 Å². The van der Waals surface area contributed by atoms with Crippen molar-refractivity contribution in [2.75, 3.05) is 0 Å². The Morgan fingerprint density at radius 1 is 1.20 bits per heavy atom. The molecule has 0 radical (unpaired) electrons. The molecular formula is C19H19N3O3. The summed E-state index contributed by atoms with van der Waals surface area (Å²) >= 11 is 0. The van der Waals surface area contributed by atoms with Gasteiger partial charge in [0.25, 0.3) is 0 Å². The molecule has 1 aromatic heterocycles. The second-order valence-corrected chi connectivity index (χ2v) is 5.97. The largest absolute Gasteiger partial charge is 0.479 e. The fourth-order valence-electron chi connectivity index (χ4n) is 2.79. The Kier molecular flexibility index (Phi) is 4.39. The maximum absolute atomic E-state index is 11.5. The van der Waals surface area contributed by atoms with E-state index in [1.54, 1.807) is 10.7 Å². The Bertz CT molecular complexity index is 905. The zero-order valence-electron chi connectivity index (χ0n) is 14.0. The molecule has 3 aromatic rings. The number of carboxylic acids is 1. The maximum atomic E-state index is 11.5. The minimum atomic E-state index is -1.59. The average Bonchev–Trinajstić information content (AvgIpc) is 3.11. The molecule has 1 atom stereocenters. The van der Waals surface area contributed by atoms with Crippen molar-refractivity contribution in [3.05, 3.63) is 71.9 Å². The average molecular weight is 337 g/mol. The summed E-state index contributed by atoms with van der Waals surface area (Å²) in [5.74, 6) is 4.09. The van der Waals surface area contributed by atoms with E-state index in [4.69, 9.17) is 10.7 Å². The van der Waals surface area contributed by atoms with E-state index in [1.165, 1.54) is 6.92 Å². The van der Waals surface area contributed by atoms with Crippen molar-refractivity contribution in [3.8, 4) is 16.9 Å². The molecule has 1 heterocycles. The van der Waals surface area contributed by atoms with Gasteiger partial charge in [-0.05, 0) is 49.2 Å². The Morgan fingerprint density at radius 2 is 1.92 bits per heavy atom. The van der Waals surface area contributed by atoms with Crippen molar-refractivity contribution in [2.24, 2.45) is 5.90 Å². The smallest absolute Gasteiger partial charge is 0.342 e. The molecule has 0 saturated carbocycles. The van der Waals surface area contributed by atoms with Crippen molar-refractivity contribution in [1.82, 2.24) is 9.78 Å². The van der Waals surface area contributed by atoms with E-state index in [0.29, 0.717) is 5.56 Å². The number of rotatable bonds is 5. The Labute approximate surface area is 145 Å². The third-order valence-corrected chi connectivity index (χ3v) is 4.29. The minimum Gasteiger partial charge on any atom is -0.479 e. The third-order valence-electron chi connectivity index (χ3n) is 4.29. The van der Waals surface area contributed by atoms with Crippen LogP contribution in [0, 0.1) is 6.92 Å². The Hall–Kier alpha value is -2.96. The molecule has 0 saturated heterocycles. The van der Waals surface area contributed by atoms with E-state index in [1.807, 2.05) is 61.7 Å². The van der Waals surface area contributed by atoms with Gasteiger partial charge in [-0.25, -0.2) is 15.4 Å². The van der Waals surface area contributed by atoms with Gasteiger partial charge in [-0.1, -0.05) is 30.3 Å². The first-order valence-corrected chi connectivity index (χ1v) is 7.79. The van der Waals surface area contributed by atoms with Gasteiger partial charge in [-0.15, -0.1) is 0 Å². The summed E-state index contributed by atoms with van der Waals surface area (Å²) in [6.45, 7) is 3.26. The Morgan fingerprint density at radius 3 is 2.52 bits per heavy atom. The van der Waals surface area contributed by atoms with Crippen LogP contribution in [0.15, 0.2) is 60.8 Å². The van der Waals surface area contributed by atoms with E-state index < -0.39 is 11.6 Å². The first-order valence-electron chi connectivity index (χ1n) is 7.79. The quantitative estimate of drug-likeness (QED) is 0.698. The van der Waals surface area contributed by atoms with Crippen molar-refractivity contribution >= 4 is 5.97 Å². The summed E-state index contributed by atoms with van der Waals surface area (Å²) in [5, 5.41) is 14.0. The molecule has 0 bridgehead atoms. The second kappa shape index (κ2) is 6.51. The van der Waals surface area contributed by atoms with E-state index in [0.717, 1.165) is 22.5 Å². The van der Waals surface area contributed by atoms with Crippen LogP contribution in [-0.2, 0) is 15.2 Å². The number of aromatic nitrogens is 2. The van der Waals surface area contributed by atoms with Crippen LogP contribution in [0.5, 0.6) is 0 Å². The van der Waals surface area contributed by atoms with E-state index in [2.05, 4.69) is 5.10 Å². The van der Waals surface area contributed by atoms with E-state index >= 15 is 0 Å². The lowest BCUT2D eigenvalue weighted by Gasteiger charge is -2.24. The number of nitrogens with zero attached hydrogens (tertiary/aromatic N) is 2. The highest BCUT2D eigenvalue weighted by atomic mass is 16.6. The number of carboxylic acid groups (broad SMARTS) is 1. The van der Waals surface area contributed by atoms with Gasteiger partial charge >= 0.3 is 5.97 Å². The molecule has 0 aliphatic heterocycles. The zero-order valence-corrected chi connectivity index (χ0v) is 14.0. The summed E-state index contributed by atoms with van der Waals surface area (Å²) in [6, 6.07) is 17.1. The number of aryl methyl sites for hydroxylation is 1. The molecule has 0 fully saturated rings. The fraction of sp³-hybridized carbons (Fsp3) is 0.158. The molecule has 128 valence electrons. The molecule has 2 aromatic carbocycles. The number of hydrogen-bond donors (Lipinski definition) is 2. The van der Waals surface area contributed by atoms with Gasteiger partial charge in [0.1, 0.15) is 0 Å². The molecule has 3 N–H and O–H groups in total. The first kappa shape index (κ1) is 16.9. The topological polar surface area (TPSA) is 90.4 Å². The molecule has 0 aliphatic rings. The lowest BCUT2D eigenvalue weighted by molar-refractivity contribution is -0.166. The molecule has 1 unspecified atom stereocenters. The summed E-state index contributed by atoms with van der Waals surface area (Å²) in [4.78, 5) is 16.3. The molecular weight excluding hydrogens is 318 g/mol. The highest BCUT2D eigenvalue weighted by molar-refractivity contribution is 5.80. The standard InChI is InChI=1S/C19H19N3O3/c1-13-12-14(8-9-16(13)19(2,25-20)18(23)24)17-10-11-22(21-17)15-6-4-3-5-7-15/h3-12H,20H2,1-2H3,(H,23,24). The third kappa shape index (κ3) is 3.05. The summed E-state index contributed by atoms with van der Waals surface area (Å²) < 4.78 is 1.79.